The number of carbonyl (C=O) groups is 1. The molecule has 0 aromatic heterocycles. The smallest absolute Gasteiger partial charge is 0.327 e. The number of ether oxygens (including phenoxy) is 1. The van der Waals surface area contributed by atoms with Gasteiger partial charge in [-0.1, -0.05) is 78.1 Å². The first-order valence-corrected chi connectivity index (χ1v) is 11.3. The summed E-state index contributed by atoms with van der Waals surface area (Å²) in [6.45, 7) is 4.80. The number of rotatable bonds is 11. The van der Waals surface area contributed by atoms with E-state index >= 15 is 0 Å². The highest BCUT2D eigenvalue weighted by atomic mass is 16.5. The van der Waals surface area contributed by atoms with Gasteiger partial charge in [-0.05, 0) is 43.4 Å². The molecule has 3 heteroatoms. The fraction of sp³-hybridized carbons (Fsp3) is 0.913. The lowest BCUT2D eigenvalue weighted by molar-refractivity contribution is -0.161. The number of esters is 1. The van der Waals surface area contributed by atoms with Gasteiger partial charge in [-0.3, -0.25) is 4.79 Å². The molecule has 2 aliphatic rings. The third-order valence-electron chi connectivity index (χ3n) is 6.93. The van der Waals surface area contributed by atoms with E-state index in [0.29, 0.717) is 12.5 Å². The number of nitrogens with zero attached hydrogens (tertiary/aromatic N) is 1. The predicted octanol–water partition coefficient (Wildman–Crippen LogP) is 6.42. The van der Waals surface area contributed by atoms with E-state index in [1.54, 1.807) is 0 Å². The molecule has 0 aromatic carbocycles. The molecule has 148 valence electrons. The topological polar surface area (TPSA) is 50.1 Å². The van der Waals surface area contributed by atoms with Crippen molar-refractivity contribution in [3.05, 3.63) is 0 Å². The summed E-state index contributed by atoms with van der Waals surface area (Å²) in [6, 6.07) is 2.61. The van der Waals surface area contributed by atoms with Crippen LogP contribution in [0.4, 0.5) is 0 Å². The second kappa shape index (κ2) is 11.0. The number of unbranched alkanes of at least 4 members (excludes halogenated alkanes) is 3. The van der Waals surface area contributed by atoms with Crippen LogP contribution in [0.5, 0.6) is 0 Å². The van der Waals surface area contributed by atoms with Gasteiger partial charge in [0.2, 0.25) is 0 Å². The molecule has 0 heterocycles. The molecule has 0 radical (unpaired) electrons. The second-order valence-electron chi connectivity index (χ2n) is 8.60. The van der Waals surface area contributed by atoms with E-state index in [1.165, 1.54) is 38.5 Å². The Morgan fingerprint density at radius 1 is 1.04 bits per heavy atom. The Morgan fingerprint density at radius 2 is 1.65 bits per heavy atom. The van der Waals surface area contributed by atoms with Crippen LogP contribution in [0.15, 0.2) is 0 Å². The van der Waals surface area contributed by atoms with Crippen LogP contribution in [0.3, 0.4) is 0 Å². The number of hydrogen-bond donors (Lipinski definition) is 0. The predicted molar refractivity (Wildman–Crippen MR) is 105 cm³/mol. The normalized spacial score (nSPS) is 22.0. The lowest BCUT2D eigenvalue weighted by atomic mass is 9.60. The highest BCUT2D eigenvalue weighted by Crippen LogP contribution is 2.52. The van der Waals surface area contributed by atoms with Crippen molar-refractivity contribution in [2.24, 2.45) is 23.2 Å². The van der Waals surface area contributed by atoms with Crippen molar-refractivity contribution in [1.82, 2.24) is 0 Å². The zero-order chi connectivity index (χ0) is 18.8. The Kier molecular flexibility index (Phi) is 8.96. The molecule has 3 nitrogen and oxygen atoms in total. The van der Waals surface area contributed by atoms with Crippen LogP contribution in [-0.4, -0.2) is 12.6 Å². The summed E-state index contributed by atoms with van der Waals surface area (Å²) in [5, 5.41) is 10.4. The SMILES string of the molecule is CCCCCC(C1CCCC1)C(C#N)(C(=O)OCCCC)C1CCCC1. The molecule has 0 saturated heterocycles. The number of carbonyl (C=O) groups excluding carboxylic acids is 1. The standard InChI is InChI=1S/C23H39NO2/c1-3-5-7-16-21(19-12-8-9-13-19)23(18-24,20-14-10-11-15-20)22(25)26-17-6-4-2/h19-21H,3-17H2,1-2H3. The Balaban J connectivity index is 2.29. The van der Waals surface area contributed by atoms with E-state index in [2.05, 4.69) is 19.9 Å². The summed E-state index contributed by atoms with van der Waals surface area (Å²) in [6.07, 6.45) is 15.7. The maximum atomic E-state index is 13.3. The van der Waals surface area contributed by atoms with Crippen molar-refractivity contribution in [3.63, 3.8) is 0 Å². The minimum atomic E-state index is -0.896. The van der Waals surface area contributed by atoms with E-state index in [-0.39, 0.29) is 17.8 Å². The molecule has 0 aromatic rings. The van der Waals surface area contributed by atoms with Crippen LogP contribution in [0.1, 0.15) is 104 Å². The molecule has 2 rings (SSSR count). The van der Waals surface area contributed by atoms with Gasteiger partial charge in [0.05, 0.1) is 12.7 Å². The van der Waals surface area contributed by atoms with Crippen LogP contribution in [0, 0.1) is 34.5 Å². The Hall–Kier alpha value is -1.04. The molecule has 2 aliphatic carbocycles. The molecule has 0 aliphatic heterocycles. The quantitative estimate of drug-likeness (QED) is 0.315. The first kappa shape index (κ1) is 21.3. The van der Waals surface area contributed by atoms with Gasteiger partial charge in [-0.25, -0.2) is 0 Å². The maximum absolute atomic E-state index is 13.3. The average Bonchev–Trinajstić information content (AvgIpc) is 3.36. The lowest BCUT2D eigenvalue weighted by Crippen LogP contribution is -2.47. The van der Waals surface area contributed by atoms with Crippen molar-refractivity contribution < 1.29 is 9.53 Å². The van der Waals surface area contributed by atoms with Crippen molar-refractivity contribution >= 4 is 5.97 Å². The van der Waals surface area contributed by atoms with E-state index in [0.717, 1.165) is 51.4 Å². The molecule has 26 heavy (non-hydrogen) atoms. The first-order valence-electron chi connectivity index (χ1n) is 11.3. The van der Waals surface area contributed by atoms with Gasteiger partial charge in [0, 0.05) is 0 Å². The highest BCUT2D eigenvalue weighted by Gasteiger charge is 2.55. The molecule has 0 bridgehead atoms. The van der Waals surface area contributed by atoms with E-state index in [4.69, 9.17) is 4.74 Å². The van der Waals surface area contributed by atoms with Crippen molar-refractivity contribution in [3.8, 4) is 6.07 Å². The first-order chi connectivity index (χ1) is 12.7. The number of hydrogen-bond acceptors (Lipinski definition) is 3. The molecular formula is C23H39NO2. The third kappa shape index (κ3) is 4.81. The van der Waals surface area contributed by atoms with E-state index in [1.807, 2.05) is 0 Å². The van der Waals surface area contributed by atoms with Gasteiger partial charge >= 0.3 is 5.97 Å². The average molecular weight is 362 g/mol. The summed E-state index contributed by atoms with van der Waals surface area (Å²) < 4.78 is 5.74. The molecule has 2 saturated carbocycles. The summed E-state index contributed by atoms with van der Waals surface area (Å²) in [5.41, 5.74) is -0.896. The lowest BCUT2D eigenvalue weighted by Gasteiger charge is -2.41. The van der Waals surface area contributed by atoms with Crippen molar-refractivity contribution in [1.29, 1.82) is 5.26 Å². The molecular weight excluding hydrogens is 322 g/mol. The second-order valence-corrected chi connectivity index (χ2v) is 8.60. The fourth-order valence-electron chi connectivity index (χ4n) is 5.46. The molecule has 2 fully saturated rings. The van der Waals surface area contributed by atoms with Crippen LogP contribution < -0.4 is 0 Å². The summed E-state index contributed by atoms with van der Waals surface area (Å²) in [7, 11) is 0. The summed E-state index contributed by atoms with van der Waals surface area (Å²) in [4.78, 5) is 13.3. The molecule has 0 spiro atoms. The van der Waals surface area contributed by atoms with Crippen LogP contribution >= 0.6 is 0 Å². The maximum Gasteiger partial charge on any atom is 0.327 e. The van der Waals surface area contributed by atoms with Crippen molar-refractivity contribution in [2.75, 3.05) is 6.61 Å². The summed E-state index contributed by atoms with van der Waals surface area (Å²) >= 11 is 0. The molecule has 0 amide bonds. The zero-order valence-corrected chi connectivity index (χ0v) is 17.1. The zero-order valence-electron chi connectivity index (χ0n) is 17.1. The Labute approximate surface area is 160 Å². The minimum Gasteiger partial charge on any atom is -0.464 e. The molecule has 2 atom stereocenters. The largest absolute Gasteiger partial charge is 0.464 e. The molecule has 0 N–H and O–H groups in total. The van der Waals surface area contributed by atoms with Gasteiger partial charge in [0.1, 0.15) is 0 Å². The van der Waals surface area contributed by atoms with Crippen LogP contribution in [0.2, 0.25) is 0 Å². The van der Waals surface area contributed by atoms with Crippen LogP contribution in [0.25, 0.3) is 0 Å². The van der Waals surface area contributed by atoms with Gasteiger partial charge < -0.3 is 4.74 Å². The number of nitriles is 1. The summed E-state index contributed by atoms with van der Waals surface area (Å²) in [5.74, 6) is 0.743. The highest BCUT2D eigenvalue weighted by molar-refractivity contribution is 5.81. The van der Waals surface area contributed by atoms with E-state index in [9.17, 15) is 10.1 Å². The van der Waals surface area contributed by atoms with E-state index < -0.39 is 5.41 Å². The fourth-order valence-corrected chi connectivity index (χ4v) is 5.46. The monoisotopic (exact) mass is 361 g/mol. The Morgan fingerprint density at radius 3 is 2.23 bits per heavy atom. The molecule has 2 unspecified atom stereocenters. The minimum absolute atomic E-state index is 0.186. The van der Waals surface area contributed by atoms with Crippen molar-refractivity contribution in [2.45, 2.75) is 104 Å². The van der Waals surface area contributed by atoms with Gasteiger partial charge in [-0.15, -0.1) is 0 Å². The Bertz CT molecular complexity index is 457. The van der Waals surface area contributed by atoms with Gasteiger partial charge in [-0.2, -0.15) is 5.26 Å². The van der Waals surface area contributed by atoms with Gasteiger partial charge in [0.25, 0.3) is 0 Å². The van der Waals surface area contributed by atoms with Crippen LogP contribution in [-0.2, 0) is 9.53 Å². The third-order valence-corrected chi connectivity index (χ3v) is 6.93. The van der Waals surface area contributed by atoms with Gasteiger partial charge in [0.15, 0.2) is 5.41 Å².